The van der Waals surface area contributed by atoms with Crippen molar-refractivity contribution in [2.24, 2.45) is 0 Å². The Morgan fingerprint density at radius 1 is 0.844 bits per heavy atom. The largest absolute Gasteiger partial charge is 0.497 e. The van der Waals surface area contributed by atoms with E-state index in [1.54, 1.807) is 18.2 Å². The quantitative estimate of drug-likeness (QED) is 0.554. The van der Waals surface area contributed by atoms with Crippen molar-refractivity contribution in [1.29, 1.82) is 0 Å². The van der Waals surface area contributed by atoms with Gasteiger partial charge in [0.25, 0.3) is 11.8 Å². The number of hydrogen-bond acceptors (Lipinski definition) is 5. The number of imide groups is 1. The molecule has 0 saturated heterocycles. The minimum Gasteiger partial charge on any atom is -0.497 e. The Balaban J connectivity index is 1.82. The second-order valence-corrected chi connectivity index (χ2v) is 7.27. The molecule has 1 N–H and O–H groups in total. The van der Waals surface area contributed by atoms with Crippen LogP contribution in [0.2, 0.25) is 0 Å². The average molecular weight is 428 g/mol. The van der Waals surface area contributed by atoms with Crippen molar-refractivity contribution in [3.05, 3.63) is 89.6 Å². The predicted octanol–water partition coefficient (Wildman–Crippen LogP) is 4.66. The fourth-order valence-electron chi connectivity index (χ4n) is 3.68. The molecule has 0 radical (unpaired) electrons. The van der Waals surface area contributed by atoms with Crippen LogP contribution in [0.5, 0.6) is 11.5 Å². The summed E-state index contributed by atoms with van der Waals surface area (Å²) >= 11 is 0. The first-order valence-corrected chi connectivity index (χ1v) is 10.3. The maximum absolute atomic E-state index is 13.6. The molecule has 0 bridgehead atoms. The van der Waals surface area contributed by atoms with E-state index < -0.39 is 11.8 Å². The lowest BCUT2D eigenvalue weighted by atomic mass is 10.0. The number of benzene rings is 3. The van der Waals surface area contributed by atoms with Crippen molar-refractivity contribution < 1.29 is 19.1 Å². The molecule has 0 aromatic heterocycles. The number of rotatable bonds is 7. The maximum atomic E-state index is 13.6. The van der Waals surface area contributed by atoms with Crippen molar-refractivity contribution in [1.82, 2.24) is 0 Å². The molecular formula is C26H24N2O4. The van der Waals surface area contributed by atoms with Gasteiger partial charge in [0.2, 0.25) is 0 Å². The fraction of sp³-hybridized carbons (Fsp3) is 0.154. The molecule has 0 fully saturated rings. The van der Waals surface area contributed by atoms with Gasteiger partial charge in [-0.3, -0.25) is 9.59 Å². The first-order valence-electron chi connectivity index (χ1n) is 10.3. The monoisotopic (exact) mass is 428 g/mol. The van der Waals surface area contributed by atoms with E-state index in [1.165, 1.54) is 19.8 Å². The summed E-state index contributed by atoms with van der Waals surface area (Å²) in [7, 11) is 3.02. The van der Waals surface area contributed by atoms with E-state index in [1.807, 2.05) is 54.6 Å². The number of methoxy groups -OCH3 is 2. The molecule has 0 unspecified atom stereocenters. The number of hydrogen-bond donors (Lipinski definition) is 1. The highest BCUT2D eigenvalue weighted by Crippen LogP contribution is 2.39. The van der Waals surface area contributed by atoms with Gasteiger partial charge in [-0.15, -0.1) is 0 Å². The topological polar surface area (TPSA) is 67.9 Å². The molecule has 32 heavy (non-hydrogen) atoms. The Hall–Kier alpha value is -4.06. The molecule has 1 aliphatic heterocycles. The minimum atomic E-state index is -0.458. The molecule has 162 valence electrons. The SMILES string of the molecule is CCc1ccc(NC2=C(c3ccccc3)C(=O)N(c3cc(OC)ccc3OC)C2=O)cc1. The molecule has 4 rings (SSSR count). The normalized spacial score (nSPS) is 13.5. The van der Waals surface area contributed by atoms with Crippen molar-refractivity contribution in [3.63, 3.8) is 0 Å². The van der Waals surface area contributed by atoms with Crippen molar-refractivity contribution in [2.75, 3.05) is 24.4 Å². The molecule has 1 aliphatic rings. The molecule has 0 aliphatic carbocycles. The number of carbonyl (C=O) groups is 2. The number of nitrogens with zero attached hydrogens (tertiary/aromatic N) is 1. The number of amides is 2. The number of aryl methyl sites for hydroxylation is 1. The molecule has 6 nitrogen and oxygen atoms in total. The van der Waals surface area contributed by atoms with Crippen LogP contribution in [0.3, 0.4) is 0 Å². The lowest BCUT2D eigenvalue weighted by molar-refractivity contribution is -0.120. The zero-order chi connectivity index (χ0) is 22.7. The summed E-state index contributed by atoms with van der Waals surface area (Å²) < 4.78 is 10.7. The van der Waals surface area contributed by atoms with E-state index in [9.17, 15) is 9.59 Å². The van der Waals surface area contributed by atoms with E-state index in [0.29, 0.717) is 28.3 Å². The van der Waals surface area contributed by atoms with Gasteiger partial charge >= 0.3 is 0 Å². The number of ether oxygens (including phenoxy) is 2. The Bertz CT molecular complexity index is 1180. The predicted molar refractivity (Wildman–Crippen MR) is 125 cm³/mol. The molecule has 3 aromatic rings. The molecule has 2 amide bonds. The second kappa shape index (κ2) is 8.98. The summed E-state index contributed by atoms with van der Waals surface area (Å²) in [5.41, 5.74) is 3.42. The van der Waals surface area contributed by atoms with E-state index in [0.717, 1.165) is 17.0 Å². The van der Waals surface area contributed by atoms with Gasteiger partial charge in [0.05, 0.1) is 25.5 Å². The lowest BCUT2D eigenvalue weighted by Crippen LogP contribution is -2.32. The highest BCUT2D eigenvalue weighted by molar-refractivity contribution is 6.46. The summed E-state index contributed by atoms with van der Waals surface area (Å²) in [5.74, 6) is 0.0214. The Kier molecular flexibility index (Phi) is 5.94. The molecule has 6 heteroatoms. The van der Waals surface area contributed by atoms with Crippen molar-refractivity contribution in [3.8, 4) is 11.5 Å². The summed E-state index contributed by atoms with van der Waals surface area (Å²) in [6.45, 7) is 2.08. The van der Waals surface area contributed by atoms with Gasteiger partial charge in [0.1, 0.15) is 17.2 Å². The third-order valence-electron chi connectivity index (χ3n) is 5.40. The summed E-state index contributed by atoms with van der Waals surface area (Å²) in [6.07, 6.45) is 0.916. The third-order valence-corrected chi connectivity index (χ3v) is 5.40. The standard InChI is InChI=1S/C26H24N2O4/c1-4-17-10-12-19(13-11-17)27-24-23(18-8-6-5-7-9-18)25(29)28(26(24)30)21-16-20(31-2)14-15-22(21)32-3/h5-16,27H,4H2,1-3H3. The van der Waals surface area contributed by atoms with Crippen LogP contribution in [0.15, 0.2) is 78.5 Å². The van der Waals surface area contributed by atoms with Crippen LogP contribution in [-0.2, 0) is 16.0 Å². The Labute approximate surface area is 187 Å². The summed E-state index contributed by atoms with van der Waals surface area (Å²) in [6, 6.07) is 22.0. The van der Waals surface area contributed by atoms with Crippen molar-refractivity contribution >= 4 is 28.8 Å². The summed E-state index contributed by atoms with van der Waals surface area (Å²) in [4.78, 5) is 28.3. The van der Waals surface area contributed by atoms with Gasteiger partial charge in [0, 0.05) is 11.8 Å². The van der Waals surface area contributed by atoms with Crippen LogP contribution in [0.1, 0.15) is 18.1 Å². The first-order chi connectivity index (χ1) is 15.6. The molecule has 0 spiro atoms. The number of anilines is 2. The number of nitrogens with one attached hydrogen (secondary N) is 1. The third kappa shape index (κ3) is 3.83. The average Bonchev–Trinajstić information content (AvgIpc) is 3.08. The molecule has 0 saturated carbocycles. The van der Waals surface area contributed by atoms with E-state index in [4.69, 9.17) is 9.47 Å². The molecular weight excluding hydrogens is 404 g/mol. The van der Waals surface area contributed by atoms with Gasteiger partial charge in [-0.2, -0.15) is 0 Å². The van der Waals surface area contributed by atoms with Gasteiger partial charge in [-0.1, -0.05) is 49.4 Å². The van der Waals surface area contributed by atoms with Crippen LogP contribution in [-0.4, -0.2) is 26.0 Å². The smallest absolute Gasteiger partial charge is 0.282 e. The zero-order valence-corrected chi connectivity index (χ0v) is 18.2. The zero-order valence-electron chi connectivity index (χ0n) is 18.2. The van der Waals surface area contributed by atoms with Crippen LogP contribution < -0.4 is 19.7 Å². The summed E-state index contributed by atoms with van der Waals surface area (Å²) in [5, 5.41) is 3.18. The van der Waals surface area contributed by atoms with E-state index in [-0.39, 0.29) is 5.70 Å². The van der Waals surface area contributed by atoms with Gasteiger partial charge in [-0.05, 0) is 41.8 Å². The van der Waals surface area contributed by atoms with Gasteiger partial charge in [-0.25, -0.2) is 4.90 Å². The highest BCUT2D eigenvalue weighted by atomic mass is 16.5. The fourth-order valence-corrected chi connectivity index (χ4v) is 3.68. The van der Waals surface area contributed by atoms with Crippen LogP contribution >= 0.6 is 0 Å². The Morgan fingerprint density at radius 3 is 2.19 bits per heavy atom. The van der Waals surface area contributed by atoms with Gasteiger partial charge in [0.15, 0.2) is 0 Å². The maximum Gasteiger partial charge on any atom is 0.282 e. The van der Waals surface area contributed by atoms with E-state index >= 15 is 0 Å². The first kappa shape index (κ1) is 21.2. The minimum absolute atomic E-state index is 0.218. The van der Waals surface area contributed by atoms with Crippen molar-refractivity contribution in [2.45, 2.75) is 13.3 Å². The highest BCUT2D eigenvalue weighted by Gasteiger charge is 2.41. The van der Waals surface area contributed by atoms with Crippen LogP contribution in [0.4, 0.5) is 11.4 Å². The second-order valence-electron chi connectivity index (χ2n) is 7.27. The lowest BCUT2D eigenvalue weighted by Gasteiger charge is -2.19. The molecule has 0 atom stereocenters. The molecule has 3 aromatic carbocycles. The molecule has 1 heterocycles. The van der Waals surface area contributed by atoms with Crippen LogP contribution in [0, 0.1) is 0 Å². The Morgan fingerprint density at radius 2 is 1.56 bits per heavy atom. The number of carbonyl (C=O) groups excluding carboxylic acids is 2. The van der Waals surface area contributed by atoms with Gasteiger partial charge < -0.3 is 14.8 Å². The van der Waals surface area contributed by atoms with E-state index in [2.05, 4.69) is 12.2 Å². The van der Waals surface area contributed by atoms with Crippen LogP contribution in [0.25, 0.3) is 5.57 Å².